The quantitative estimate of drug-likeness (QED) is 0.495. The van der Waals surface area contributed by atoms with Crippen LogP contribution in [0.2, 0.25) is 10.0 Å². The normalized spacial score (nSPS) is 18.1. The molecule has 0 saturated heterocycles. The Morgan fingerprint density at radius 2 is 2.32 bits per heavy atom. The largest absolute Gasteiger partial charge is 0.482 e. The van der Waals surface area contributed by atoms with Gasteiger partial charge in [0.25, 0.3) is 5.91 Å². The zero-order valence-corrected chi connectivity index (χ0v) is 13.8. The third-order valence-corrected chi connectivity index (χ3v) is 3.94. The molecule has 0 aromatic heterocycles. The number of ether oxygens (including phenoxy) is 1. The maximum Gasteiger partial charge on any atom is 0.277 e. The topological polar surface area (TPSA) is 50.7 Å². The first kappa shape index (κ1) is 16.8. The average molecular weight is 341 g/mol. The van der Waals surface area contributed by atoms with E-state index in [2.05, 4.69) is 23.5 Å². The summed E-state index contributed by atoms with van der Waals surface area (Å²) in [5, 5.41) is 4.87. The van der Waals surface area contributed by atoms with Crippen LogP contribution in [0.4, 0.5) is 0 Å². The monoisotopic (exact) mass is 340 g/mol. The second-order valence-electron chi connectivity index (χ2n) is 5.26. The van der Waals surface area contributed by atoms with Crippen molar-refractivity contribution in [3.05, 3.63) is 39.9 Å². The van der Waals surface area contributed by atoms with Crippen LogP contribution in [0.25, 0.3) is 0 Å². The summed E-state index contributed by atoms with van der Waals surface area (Å²) >= 11 is 11.7. The van der Waals surface area contributed by atoms with Crippen LogP contribution in [0, 0.1) is 5.92 Å². The second-order valence-corrected chi connectivity index (χ2v) is 6.11. The lowest BCUT2D eigenvalue weighted by Crippen LogP contribution is -2.25. The van der Waals surface area contributed by atoms with Gasteiger partial charge in [0, 0.05) is 11.2 Å². The van der Waals surface area contributed by atoms with Crippen LogP contribution in [-0.2, 0) is 4.79 Å². The van der Waals surface area contributed by atoms with Gasteiger partial charge in [-0.25, -0.2) is 5.43 Å². The highest BCUT2D eigenvalue weighted by atomic mass is 35.5. The van der Waals surface area contributed by atoms with E-state index in [1.807, 2.05) is 0 Å². The SMILES string of the molecule is CC1=CCC(/C=N/NC(=O)COc2ccc(Cl)cc2Cl)CC1. The van der Waals surface area contributed by atoms with Crippen LogP contribution in [0.1, 0.15) is 26.2 Å². The van der Waals surface area contributed by atoms with E-state index in [0.717, 1.165) is 19.3 Å². The van der Waals surface area contributed by atoms with E-state index in [-0.39, 0.29) is 12.5 Å². The van der Waals surface area contributed by atoms with Crippen molar-refractivity contribution in [2.24, 2.45) is 11.0 Å². The molecule has 0 saturated carbocycles. The highest BCUT2D eigenvalue weighted by molar-refractivity contribution is 6.35. The van der Waals surface area contributed by atoms with Crippen molar-refractivity contribution in [3.8, 4) is 5.75 Å². The molecular weight excluding hydrogens is 323 g/mol. The van der Waals surface area contributed by atoms with Crippen molar-refractivity contribution in [2.75, 3.05) is 6.61 Å². The summed E-state index contributed by atoms with van der Waals surface area (Å²) in [6.07, 6.45) is 7.13. The molecule has 1 aromatic rings. The van der Waals surface area contributed by atoms with Crippen molar-refractivity contribution in [1.29, 1.82) is 0 Å². The van der Waals surface area contributed by atoms with Gasteiger partial charge in [-0.3, -0.25) is 4.79 Å². The van der Waals surface area contributed by atoms with Crippen molar-refractivity contribution in [3.63, 3.8) is 0 Å². The van der Waals surface area contributed by atoms with E-state index in [9.17, 15) is 4.79 Å². The van der Waals surface area contributed by atoms with Crippen molar-refractivity contribution >= 4 is 35.3 Å². The number of rotatable bonds is 5. The Morgan fingerprint density at radius 3 is 3.00 bits per heavy atom. The molecule has 1 N–H and O–H groups in total. The minimum atomic E-state index is -0.329. The number of amides is 1. The Balaban J connectivity index is 1.74. The highest BCUT2D eigenvalue weighted by Crippen LogP contribution is 2.27. The number of allylic oxidation sites excluding steroid dienone is 2. The maximum atomic E-state index is 11.7. The van der Waals surface area contributed by atoms with Gasteiger partial charge in [0.05, 0.1) is 5.02 Å². The number of carbonyl (C=O) groups excluding carboxylic acids is 1. The first-order valence-electron chi connectivity index (χ1n) is 7.10. The van der Waals surface area contributed by atoms with E-state index in [1.54, 1.807) is 24.4 Å². The first-order valence-corrected chi connectivity index (χ1v) is 7.85. The summed E-state index contributed by atoms with van der Waals surface area (Å²) in [6.45, 7) is 1.98. The lowest BCUT2D eigenvalue weighted by atomic mass is 9.91. The molecule has 1 aliphatic rings. The Hall–Kier alpha value is -1.52. The standard InChI is InChI=1S/C16H18Cl2N2O2/c1-11-2-4-12(5-3-11)9-19-20-16(21)10-22-15-7-6-13(17)8-14(15)18/h2,6-9,12H,3-5,10H2,1H3,(H,20,21)/b19-9+. The maximum absolute atomic E-state index is 11.7. The van der Waals surface area contributed by atoms with Crippen LogP contribution in [-0.4, -0.2) is 18.7 Å². The fourth-order valence-electron chi connectivity index (χ4n) is 2.10. The Kier molecular flexibility index (Phi) is 6.28. The molecule has 0 fully saturated rings. The molecule has 0 bridgehead atoms. The zero-order valence-electron chi connectivity index (χ0n) is 12.3. The van der Waals surface area contributed by atoms with Crippen LogP contribution >= 0.6 is 23.2 Å². The molecule has 4 nitrogen and oxygen atoms in total. The predicted octanol–water partition coefficient (Wildman–Crippen LogP) is 4.22. The van der Waals surface area contributed by atoms with Gasteiger partial charge in [-0.05, 0) is 50.3 Å². The van der Waals surface area contributed by atoms with Crippen LogP contribution in [0.5, 0.6) is 5.75 Å². The number of hydrazone groups is 1. The summed E-state index contributed by atoms with van der Waals surface area (Å²) in [5.41, 5.74) is 3.88. The summed E-state index contributed by atoms with van der Waals surface area (Å²) in [6, 6.07) is 4.84. The van der Waals surface area contributed by atoms with E-state index in [4.69, 9.17) is 27.9 Å². The summed E-state index contributed by atoms with van der Waals surface area (Å²) < 4.78 is 5.32. The van der Waals surface area contributed by atoms with Crippen LogP contribution < -0.4 is 10.2 Å². The smallest absolute Gasteiger partial charge is 0.277 e. The number of carbonyl (C=O) groups is 1. The fraction of sp³-hybridized carbons (Fsp3) is 0.375. The number of hydrogen-bond acceptors (Lipinski definition) is 3. The summed E-state index contributed by atoms with van der Waals surface area (Å²) in [4.78, 5) is 11.7. The van der Waals surface area contributed by atoms with Crippen LogP contribution in [0.15, 0.2) is 34.9 Å². The molecule has 2 rings (SSSR count). The van der Waals surface area contributed by atoms with Gasteiger partial charge >= 0.3 is 0 Å². The zero-order chi connectivity index (χ0) is 15.9. The van der Waals surface area contributed by atoms with Crippen molar-refractivity contribution in [2.45, 2.75) is 26.2 Å². The number of nitrogens with zero attached hydrogens (tertiary/aromatic N) is 1. The molecule has 0 radical (unpaired) electrons. The van der Waals surface area contributed by atoms with E-state index < -0.39 is 0 Å². The molecule has 0 heterocycles. The lowest BCUT2D eigenvalue weighted by Gasteiger charge is -2.15. The van der Waals surface area contributed by atoms with Crippen molar-refractivity contribution < 1.29 is 9.53 Å². The molecular formula is C16H18Cl2N2O2. The van der Waals surface area contributed by atoms with Gasteiger partial charge in [0.15, 0.2) is 6.61 Å². The van der Waals surface area contributed by atoms with Gasteiger partial charge in [-0.15, -0.1) is 0 Å². The predicted molar refractivity (Wildman–Crippen MR) is 89.7 cm³/mol. The van der Waals surface area contributed by atoms with E-state index in [1.165, 1.54) is 5.57 Å². The summed E-state index contributed by atoms with van der Waals surface area (Å²) in [5.74, 6) is 0.471. The van der Waals surface area contributed by atoms with Crippen LogP contribution in [0.3, 0.4) is 0 Å². The van der Waals surface area contributed by atoms with Gasteiger partial charge in [-0.2, -0.15) is 5.10 Å². The first-order chi connectivity index (χ1) is 10.5. The molecule has 1 amide bonds. The number of halogens is 2. The lowest BCUT2D eigenvalue weighted by molar-refractivity contribution is -0.123. The van der Waals surface area contributed by atoms with Gasteiger partial charge in [-0.1, -0.05) is 34.9 Å². The molecule has 0 spiro atoms. The third kappa shape index (κ3) is 5.35. The van der Waals surface area contributed by atoms with E-state index in [0.29, 0.717) is 21.7 Å². The van der Waals surface area contributed by atoms with Gasteiger partial charge in [0.2, 0.25) is 0 Å². The Bertz CT molecular complexity index is 600. The van der Waals surface area contributed by atoms with Crippen molar-refractivity contribution in [1.82, 2.24) is 5.43 Å². The fourth-order valence-corrected chi connectivity index (χ4v) is 2.57. The molecule has 22 heavy (non-hydrogen) atoms. The average Bonchev–Trinajstić information content (AvgIpc) is 2.48. The van der Waals surface area contributed by atoms with Gasteiger partial charge in [0.1, 0.15) is 5.75 Å². The molecule has 0 aliphatic heterocycles. The molecule has 1 unspecified atom stereocenters. The minimum Gasteiger partial charge on any atom is -0.482 e. The molecule has 1 aromatic carbocycles. The highest BCUT2D eigenvalue weighted by Gasteiger charge is 2.10. The summed E-state index contributed by atoms with van der Waals surface area (Å²) in [7, 11) is 0. The molecule has 6 heteroatoms. The molecule has 1 aliphatic carbocycles. The molecule has 118 valence electrons. The number of benzene rings is 1. The number of nitrogens with one attached hydrogen (secondary N) is 1. The van der Waals surface area contributed by atoms with Gasteiger partial charge < -0.3 is 4.74 Å². The number of hydrogen-bond donors (Lipinski definition) is 1. The molecule has 1 atom stereocenters. The second kappa shape index (κ2) is 8.20. The Labute approximate surface area is 140 Å². The Morgan fingerprint density at radius 1 is 1.50 bits per heavy atom. The third-order valence-electron chi connectivity index (χ3n) is 3.41. The minimum absolute atomic E-state index is 0.150. The van der Waals surface area contributed by atoms with E-state index >= 15 is 0 Å².